The van der Waals surface area contributed by atoms with Crippen molar-refractivity contribution in [1.82, 2.24) is 14.2 Å². The first-order valence-corrected chi connectivity index (χ1v) is 6.40. The second-order valence-electron chi connectivity index (χ2n) is 3.50. The van der Waals surface area contributed by atoms with E-state index in [1.54, 1.807) is 18.3 Å². The van der Waals surface area contributed by atoms with Crippen molar-refractivity contribution >= 4 is 27.7 Å². The molecule has 1 aromatic heterocycles. The van der Waals surface area contributed by atoms with E-state index in [4.69, 9.17) is 5.84 Å². The number of halogens is 2. The molecule has 90 valence electrons. The number of hydrazine groups is 1. The summed E-state index contributed by atoms with van der Waals surface area (Å²) < 4.78 is 21.6. The summed E-state index contributed by atoms with van der Waals surface area (Å²) in [5.41, 5.74) is 4.44. The molecular weight excluding hydrogens is 307 g/mol. The number of hydrogen-bond acceptors (Lipinski definition) is 5. The maximum Gasteiger partial charge on any atom is 0.137 e. The van der Waals surface area contributed by atoms with Crippen LogP contribution in [0.4, 0.5) is 4.39 Å². The molecule has 0 aliphatic carbocycles. The highest BCUT2D eigenvalue weighted by Crippen LogP contribution is 2.21. The van der Waals surface area contributed by atoms with Crippen molar-refractivity contribution in [3.63, 3.8) is 0 Å². The van der Waals surface area contributed by atoms with Crippen molar-refractivity contribution in [1.29, 1.82) is 0 Å². The second-order valence-corrected chi connectivity index (χ2v) is 4.92. The highest BCUT2D eigenvalue weighted by Gasteiger charge is 2.14. The van der Waals surface area contributed by atoms with Gasteiger partial charge in [-0.05, 0) is 40.0 Å². The molecule has 0 fully saturated rings. The Morgan fingerprint density at radius 3 is 2.94 bits per heavy atom. The summed E-state index contributed by atoms with van der Waals surface area (Å²) >= 11 is 4.29. The van der Waals surface area contributed by atoms with Crippen LogP contribution in [0.3, 0.4) is 0 Å². The van der Waals surface area contributed by atoms with Crippen molar-refractivity contribution in [3.05, 3.63) is 45.9 Å². The van der Waals surface area contributed by atoms with E-state index >= 15 is 0 Å². The zero-order chi connectivity index (χ0) is 12.3. The number of nitrogens with two attached hydrogens (primary N) is 1. The number of nitrogens with zero attached hydrogens (tertiary/aromatic N) is 2. The molecule has 0 amide bonds. The van der Waals surface area contributed by atoms with E-state index in [0.29, 0.717) is 10.9 Å². The third-order valence-electron chi connectivity index (χ3n) is 2.36. The van der Waals surface area contributed by atoms with Crippen LogP contribution in [0.15, 0.2) is 28.9 Å². The van der Waals surface area contributed by atoms with Crippen molar-refractivity contribution in [3.8, 4) is 0 Å². The van der Waals surface area contributed by atoms with E-state index in [2.05, 4.69) is 30.1 Å². The predicted molar refractivity (Wildman–Crippen MR) is 67.8 cm³/mol. The number of nitrogens with one attached hydrogen (secondary N) is 1. The van der Waals surface area contributed by atoms with Gasteiger partial charge in [0.05, 0.1) is 34.1 Å². The Kier molecular flexibility index (Phi) is 4.16. The minimum atomic E-state index is -0.277. The fourth-order valence-electron chi connectivity index (χ4n) is 1.48. The predicted octanol–water partition coefficient (Wildman–Crippen LogP) is 2.19. The van der Waals surface area contributed by atoms with E-state index in [9.17, 15) is 4.39 Å². The van der Waals surface area contributed by atoms with Gasteiger partial charge in [-0.2, -0.15) is 8.75 Å². The summed E-state index contributed by atoms with van der Waals surface area (Å²) in [6.07, 6.45) is 2.30. The normalized spacial score (nSPS) is 12.6. The lowest BCUT2D eigenvalue weighted by molar-refractivity contribution is 0.540. The van der Waals surface area contributed by atoms with Gasteiger partial charge in [-0.15, -0.1) is 0 Å². The average molecular weight is 317 g/mol. The smallest absolute Gasteiger partial charge is 0.137 e. The van der Waals surface area contributed by atoms with Crippen molar-refractivity contribution in [2.75, 3.05) is 0 Å². The Balaban J connectivity index is 2.16. The SMILES string of the molecule is NNC(Cc1ccc(F)c(Br)c1)c1cnsn1. The van der Waals surface area contributed by atoms with Gasteiger partial charge >= 0.3 is 0 Å². The summed E-state index contributed by atoms with van der Waals surface area (Å²) in [7, 11) is 0. The topological polar surface area (TPSA) is 63.8 Å². The maximum absolute atomic E-state index is 13.1. The van der Waals surface area contributed by atoms with Crippen LogP contribution in [0.5, 0.6) is 0 Å². The maximum atomic E-state index is 13.1. The lowest BCUT2D eigenvalue weighted by atomic mass is 10.0. The molecule has 4 nitrogen and oxygen atoms in total. The fraction of sp³-hybridized carbons (Fsp3) is 0.200. The van der Waals surface area contributed by atoms with Gasteiger partial charge in [-0.25, -0.2) is 4.39 Å². The lowest BCUT2D eigenvalue weighted by Crippen LogP contribution is -2.29. The number of benzene rings is 1. The number of hydrogen-bond donors (Lipinski definition) is 2. The molecule has 1 aromatic carbocycles. The molecule has 7 heteroatoms. The molecule has 0 saturated heterocycles. The third-order valence-corrected chi connectivity index (χ3v) is 3.46. The van der Waals surface area contributed by atoms with Gasteiger partial charge in [-0.3, -0.25) is 11.3 Å². The van der Waals surface area contributed by atoms with Crippen LogP contribution < -0.4 is 11.3 Å². The van der Waals surface area contributed by atoms with Gasteiger partial charge in [0.2, 0.25) is 0 Å². The van der Waals surface area contributed by atoms with E-state index in [-0.39, 0.29) is 11.9 Å². The minimum absolute atomic E-state index is 0.119. The second kappa shape index (κ2) is 5.63. The highest BCUT2D eigenvalue weighted by molar-refractivity contribution is 9.10. The summed E-state index contributed by atoms with van der Waals surface area (Å²) in [6.45, 7) is 0. The third kappa shape index (κ3) is 3.06. The molecule has 0 aliphatic rings. The number of rotatable bonds is 4. The van der Waals surface area contributed by atoms with E-state index in [0.717, 1.165) is 23.0 Å². The molecule has 1 heterocycles. The lowest BCUT2D eigenvalue weighted by Gasteiger charge is -2.13. The molecule has 1 unspecified atom stereocenters. The standard InChI is InChI=1S/C10H10BrFN4S/c11-7-3-6(1-2-8(7)12)4-9(15-13)10-5-14-17-16-10/h1-3,5,9,15H,4,13H2. The van der Waals surface area contributed by atoms with Gasteiger partial charge in [0.25, 0.3) is 0 Å². The highest BCUT2D eigenvalue weighted by atomic mass is 79.9. The van der Waals surface area contributed by atoms with Crippen LogP contribution >= 0.6 is 27.7 Å². The van der Waals surface area contributed by atoms with Gasteiger partial charge < -0.3 is 0 Å². The molecule has 1 atom stereocenters. The molecule has 17 heavy (non-hydrogen) atoms. The summed E-state index contributed by atoms with van der Waals surface area (Å²) in [5, 5.41) is 0. The molecule has 0 saturated carbocycles. The summed E-state index contributed by atoms with van der Waals surface area (Å²) in [5.74, 6) is 5.20. The molecule has 2 rings (SSSR count). The Morgan fingerprint density at radius 1 is 1.53 bits per heavy atom. The van der Waals surface area contributed by atoms with Gasteiger partial charge in [-0.1, -0.05) is 6.07 Å². The van der Waals surface area contributed by atoms with Gasteiger partial charge in [0.1, 0.15) is 5.82 Å². The van der Waals surface area contributed by atoms with Crippen LogP contribution in [-0.4, -0.2) is 8.75 Å². The first-order chi connectivity index (χ1) is 8.20. The molecular formula is C10H10BrFN4S. The van der Waals surface area contributed by atoms with E-state index in [1.807, 2.05) is 0 Å². The minimum Gasteiger partial charge on any atom is -0.271 e. The van der Waals surface area contributed by atoms with Crippen LogP contribution in [0.2, 0.25) is 0 Å². The molecule has 0 bridgehead atoms. The summed E-state index contributed by atoms with van der Waals surface area (Å²) in [6, 6.07) is 4.77. The zero-order valence-corrected chi connectivity index (χ0v) is 11.1. The van der Waals surface area contributed by atoms with Crippen LogP contribution in [0.25, 0.3) is 0 Å². The monoisotopic (exact) mass is 316 g/mol. The Morgan fingerprint density at radius 2 is 2.35 bits per heavy atom. The van der Waals surface area contributed by atoms with Crippen molar-refractivity contribution in [2.24, 2.45) is 5.84 Å². The molecule has 0 radical (unpaired) electrons. The van der Waals surface area contributed by atoms with Crippen LogP contribution in [0, 0.1) is 5.82 Å². The quantitative estimate of drug-likeness (QED) is 0.670. The molecule has 3 N–H and O–H groups in total. The van der Waals surface area contributed by atoms with E-state index in [1.165, 1.54) is 6.07 Å². The van der Waals surface area contributed by atoms with E-state index < -0.39 is 0 Å². The Labute approximate surface area is 110 Å². The Hall–Kier alpha value is -0.890. The molecule has 0 spiro atoms. The van der Waals surface area contributed by atoms with Crippen LogP contribution in [0.1, 0.15) is 17.3 Å². The average Bonchev–Trinajstić information content (AvgIpc) is 2.84. The largest absolute Gasteiger partial charge is 0.271 e. The summed E-state index contributed by atoms with van der Waals surface area (Å²) in [4.78, 5) is 0. The first kappa shape index (κ1) is 12.6. The van der Waals surface area contributed by atoms with Gasteiger partial charge in [0, 0.05) is 0 Å². The zero-order valence-electron chi connectivity index (χ0n) is 8.73. The van der Waals surface area contributed by atoms with Crippen LogP contribution in [-0.2, 0) is 6.42 Å². The van der Waals surface area contributed by atoms with Crippen molar-refractivity contribution in [2.45, 2.75) is 12.5 Å². The molecule has 2 aromatic rings. The molecule has 0 aliphatic heterocycles. The van der Waals surface area contributed by atoms with Crippen molar-refractivity contribution < 1.29 is 4.39 Å². The fourth-order valence-corrected chi connectivity index (χ4v) is 2.37. The van der Waals surface area contributed by atoms with Gasteiger partial charge in [0.15, 0.2) is 0 Å². The first-order valence-electron chi connectivity index (χ1n) is 4.88. The number of aromatic nitrogens is 2. The Bertz CT molecular complexity index is 491.